The molecule has 3 rings (SSSR count). The van der Waals surface area contributed by atoms with Gasteiger partial charge >= 0.3 is 0 Å². The molecule has 0 aliphatic heterocycles. The number of aromatic nitrogens is 3. The predicted molar refractivity (Wildman–Crippen MR) is 67.4 cm³/mol. The van der Waals surface area contributed by atoms with Gasteiger partial charge in [-0.1, -0.05) is 6.07 Å². The highest BCUT2D eigenvalue weighted by molar-refractivity contribution is 7.13. The van der Waals surface area contributed by atoms with Crippen LogP contribution in [0.1, 0.15) is 5.89 Å². The fourth-order valence-corrected chi connectivity index (χ4v) is 2.22. The molecule has 18 heavy (non-hydrogen) atoms. The molecule has 3 aromatic heterocycles. The summed E-state index contributed by atoms with van der Waals surface area (Å²) in [5.41, 5.74) is -0.173. The van der Waals surface area contributed by atoms with E-state index in [-0.39, 0.29) is 12.1 Å². The Morgan fingerprint density at radius 3 is 3.06 bits per heavy atom. The molecule has 0 bridgehead atoms. The zero-order chi connectivity index (χ0) is 12.4. The minimum atomic E-state index is -0.173. The lowest BCUT2D eigenvalue weighted by Gasteiger charge is -1.98. The van der Waals surface area contributed by atoms with Crippen LogP contribution < -0.4 is 5.56 Å². The molecule has 0 amide bonds. The third-order valence-corrected chi connectivity index (χ3v) is 3.27. The van der Waals surface area contributed by atoms with Crippen LogP contribution in [0.15, 0.2) is 51.3 Å². The molecule has 3 heterocycles. The van der Waals surface area contributed by atoms with E-state index in [1.54, 1.807) is 29.8 Å². The van der Waals surface area contributed by atoms with Gasteiger partial charge in [0, 0.05) is 12.3 Å². The molecule has 3 aromatic rings. The van der Waals surface area contributed by atoms with Crippen molar-refractivity contribution in [2.75, 3.05) is 0 Å². The van der Waals surface area contributed by atoms with E-state index in [4.69, 9.17) is 4.42 Å². The first-order chi connectivity index (χ1) is 8.83. The number of oxazole rings is 1. The maximum absolute atomic E-state index is 11.5. The average molecular weight is 259 g/mol. The Balaban J connectivity index is 1.87. The maximum Gasteiger partial charge on any atom is 0.267 e. The molecule has 0 radical (unpaired) electrons. The van der Waals surface area contributed by atoms with E-state index in [9.17, 15) is 4.79 Å². The second-order valence-electron chi connectivity index (χ2n) is 3.62. The molecule has 6 heteroatoms. The van der Waals surface area contributed by atoms with Crippen LogP contribution in [0, 0.1) is 0 Å². The largest absolute Gasteiger partial charge is 0.438 e. The van der Waals surface area contributed by atoms with E-state index in [0.717, 1.165) is 4.88 Å². The highest BCUT2D eigenvalue weighted by atomic mass is 32.1. The van der Waals surface area contributed by atoms with Crippen molar-refractivity contribution in [3.05, 3.63) is 58.3 Å². The smallest absolute Gasteiger partial charge is 0.267 e. The van der Waals surface area contributed by atoms with Crippen molar-refractivity contribution >= 4 is 11.3 Å². The van der Waals surface area contributed by atoms with E-state index >= 15 is 0 Å². The summed E-state index contributed by atoms with van der Waals surface area (Å²) in [4.78, 5) is 16.7. The molecule has 5 nitrogen and oxygen atoms in total. The normalized spacial score (nSPS) is 10.7. The molecule has 90 valence electrons. The van der Waals surface area contributed by atoms with Crippen LogP contribution in [-0.4, -0.2) is 14.8 Å². The van der Waals surface area contributed by atoms with E-state index in [0.29, 0.717) is 11.7 Å². The molecule has 0 saturated carbocycles. The van der Waals surface area contributed by atoms with Crippen molar-refractivity contribution < 1.29 is 4.42 Å². The summed E-state index contributed by atoms with van der Waals surface area (Å²) in [6.07, 6.45) is 3.22. The molecule has 0 aliphatic rings. The Hall–Kier alpha value is -2.21. The van der Waals surface area contributed by atoms with Crippen LogP contribution in [0.25, 0.3) is 10.6 Å². The molecule has 0 aliphatic carbocycles. The summed E-state index contributed by atoms with van der Waals surface area (Å²) in [6, 6.07) is 6.97. The van der Waals surface area contributed by atoms with Crippen molar-refractivity contribution in [2.24, 2.45) is 0 Å². The van der Waals surface area contributed by atoms with Crippen molar-refractivity contribution in [3.63, 3.8) is 0 Å². The third-order valence-electron chi connectivity index (χ3n) is 2.39. The number of rotatable bonds is 3. The van der Waals surface area contributed by atoms with Gasteiger partial charge in [-0.3, -0.25) is 4.79 Å². The van der Waals surface area contributed by atoms with Gasteiger partial charge in [-0.2, -0.15) is 5.10 Å². The second-order valence-corrected chi connectivity index (χ2v) is 4.56. The first-order valence-corrected chi connectivity index (χ1v) is 6.21. The molecule has 0 spiro atoms. The lowest BCUT2D eigenvalue weighted by molar-refractivity contribution is 0.466. The van der Waals surface area contributed by atoms with Crippen molar-refractivity contribution in [1.29, 1.82) is 0 Å². The predicted octanol–water partition coefficient (Wildman–Crippen LogP) is 2.01. The third kappa shape index (κ3) is 2.10. The Morgan fingerprint density at radius 2 is 2.28 bits per heavy atom. The van der Waals surface area contributed by atoms with Crippen LogP contribution in [0.4, 0.5) is 0 Å². The average Bonchev–Trinajstić information content (AvgIpc) is 3.02. The number of hydrogen-bond acceptors (Lipinski definition) is 5. The van der Waals surface area contributed by atoms with Gasteiger partial charge in [0.05, 0.1) is 11.1 Å². The van der Waals surface area contributed by atoms with Gasteiger partial charge in [0.1, 0.15) is 6.54 Å². The van der Waals surface area contributed by atoms with Crippen LogP contribution in [-0.2, 0) is 6.54 Å². The van der Waals surface area contributed by atoms with Gasteiger partial charge in [-0.05, 0) is 17.5 Å². The molecule has 0 N–H and O–H groups in total. The Bertz CT molecular complexity index is 700. The molecule has 0 fully saturated rings. The lowest BCUT2D eigenvalue weighted by atomic mass is 10.4. The van der Waals surface area contributed by atoms with Crippen molar-refractivity contribution in [1.82, 2.24) is 14.8 Å². The summed E-state index contributed by atoms with van der Waals surface area (Å²) >= 11 is 1.58. The van der Waals surface area contributed by atoms with Gasteiger partial charge < -0.3 is 4.42 Å². The van der Waals surface area contributed by atoms with E-state index in [1.165, 1.54) is 10.7 Å². The summed E-state index contributed by atoms with van der Waals surface area (Å²) in [7, 11) is 0. The highest BCUT2D eigenvalue weighted by Gasteiger charge is 2.08. The van der Waals surface area contributed by atoms with Gasteiger partial charge in [-0.15, -0.1) is 11.3 Å². The van der Waals surface area contributed by atoms with Gasteiger partial charge in [0.15, 0.2) is 5.76 Å². The Labute approximate surface area is 106 Å². The molecular weight excluding hydrogens is 250 g/mol. The standard InChI is InChI=1S/C12H9N3O2S/c16-12-4-1-5-14-15(12)8-11-13-7-9(17-11)10-3-2-6-18-10/h1-7H,8H2. The summed E-state index contributed by atoms with van der Waals surface area (Å²) in [6.45, 7) is 0.241. The summed E-state index contributed by atoms with van der Waals surface area (Å²) in [5.74, 6) is 1.18. The fraction of sp³-hybridized carbons (Fsp3) is 0.0833. The van der Waals surface area contributed by atoms with Crippen molar-refractivity contribution in [2.45, 2.75) is 6.54 Å². The SMILES string of the molecule is O=c1cccnn1Cc1ncc(-c2cccs2)o1. The monoisotopic (exact) mass is 259 g/mol. The first-order valence-electron chi connectivity index (χ1n) is 5.33. The number of thiophene rings is 1. The van der Waals surface area contributed by atoms with E-state index < -0.39 is 0 Å². The van der Waals surface area contributed by atoms with Crippen LogP contribution in [0.5, 0.6) is 0 Å². The quantitative estimate of drug-likeness (QED) is 0.722. The number of hydrogen-bond donors (Lipinski definition) is 0. The Morgan fingerprint density at radius 1 is 1.33 bits per heavy atom. The second kappa shape index (κ2) is 4.58. The summed E-state index contributed by atoms with van der Waals surface area (Å²) in [5, 5.41) is 5.93. The summed E-state index contributed by atoms with van der Waals surface area (Å²) < 4.78 is 6.90. The van der Waals surface area contributed by atoms with Crippen molar-refractivity contribution in [3.8, 4) is 10.6 Å². The van der Waals surface area contributed by atoms with E-state index in [1.807, 2.05) is 17.5 Å². The zero-order valence-corrected chi connectivity index (χ0v) is 10.1. The fourth-order valence-electron chi connectivity index (χ4n) is 1.55. The molecule has 0 aromatic carbocycles. The highest BCUT2D eigenvalue weighted by Crippen LogP contribution is 2.25. The number of nitrogens with zero attached hydrogens (tertiary/aromatic N) is 3. The molecule has 0 saturated heterocycles. The van der Waals surface area contributed by atoms with Crippen LogP contribution >= 0.6 is 11.3 Å². The van der Waals surface area contributed by atoms with Crippen LogP contribution in [0.3, 0.4) is 0 Å². The van der Waals surface area contributed by atoms with Crippen LogP contribution in [0.2, 0.25) is 0 Å². The van der Waals surface area contributed by atoms with Gasteiger partial charge in [0.2, 0.25) is 5.89 Å². The molecular formula is C12H9N3O2S. The molecule has 0 atom stereocenters. The minimum Gasteiger partial charge on any atom is -0.438 e. The molecule has 0 unspecified atom stereocenters. The topological polar surface area (TPSA) is 60.9 Å². The lowest BCUT2D eigenvalue weighted by Crippen LogP contribution is -2.21. The van der Waals surface area contributed by atoms with Gasteiger partial charge in [0.25, 0.3) is 5.56 Å². The maximum atomic E-state index is 11.5. The zero-order valence-electron chi connectivity index (χ0n) is 9.31. The Kier molecular flexibility index (Phi) is 2.77. The minimum absolute atomic E-state index is 0.173. The van der Waals surface area contributed by atoms with Gasteiger partial charge in [-0.25, -0.2) is 9.67 Å². The first kappa shape index (κ1) is 10.9. The van der Waals surface area contributed by atoms with E-state index in [2.05, 4.69) is 10.1 Å².